The quantitative estimate of drug-likeness (QED) is 0.655. The van der Waals surface area contributed by atoms with Gasteiger partial charge in [0.05, 0.1) is 4.92 Å². The first-order valence-electron chi connectivity index (χ1n) is 6.06. The molecule has 110 valence electrons. The van der Waals surface area contributed by atoms with Gasteiger partial charge in [0.15, 0.2) is 11.6 Å². The Morgan fingerprint density at radius 2 is 2.10 bits per heavy atom. The number of hydrogen-bond donors (Lipinski definition) is 1. The molecule has 2 N–H and O–H groups in total. The summed E-state index contributed by atoms with van der Waals surface area (Å²) in [7, 11) is 0. The topological polar surface area (TPSA) is 78.4 Å². The summed E-state index contributed by atoms with van der Waals surface area (Å²) in [6.07, 6.45) is 0. The Hall–Kier alpha value is -1.99. The van der Waals surface area contributed by atoms with E-state index in [4.69, 9.17) is 10.5 Å². The van der Waals surface area contributed by atoms with E-state index in [1.165, 1.54) is 24.3 Å². The van der Waals surface area contributed by atoms with E-state index in [1.807, 2.05) is 0 Å². The van der Waals surface area contributed by atoms with Gasteiger partial charge in [0.2, 0.25) is 5.75 Å². The number of nitrogens with two attached hydrogens (primary N) is 1. The summed E-state index contributed by atoms with van der Waals surface area (Å²) in [4.78, 5) is 10.5. The van der Waals surface area contributed by atoms with Crippen LogP contribution in [0.4, 0.5) is 10.1 Å². The minimum atomic E-state index is -0.623. The van der Waals surface area contributed by atoms with Crippen LogP contribution >= 0.6 is 15.9 Å². The number of ether oxygens (including phenoxy) is 1. The van der Waals surface area contributed by atoms with Gasteiger partial charge < -0.3 is 10.5 Å². The van der Waals surface area contributed by atoms with Crippen molar-refractivity contribution in [1.29, 1.82) is 0 Å². The summed E-state index contributed by atoms with van der Waals surface area (Å²) in [5, 5.41) is 11.1. The molecule has 0 aliphatic carbocycles. The third kappa shape index (κ3) is 3.37. The number of halogens is 2. The number of para-hydroxylation sites is 1. The zero-order valence-electron chi connectivity index (χ0n) is 11.0. The molecule has 0 unspecified atom stereocenters. The number of nitrogens with zero attached hydrogens (tertiary/aromatic N) is 1. The van der Waals surface area contributed by atoms with Gasteiger partial charge >= 0.3 is 5.69 Å². The van der Waals surface area contributed by atoms with Crippen LogP contribution in [0.2, 0.25) is 0 Å². The Kier molecular flexibility index (Phi) is 4.54. The van der Waals surface area contributed by atoms with Crippen LogP contribution in [0.25, 0.3) is 0 Å². The van der Waals surface area contributed by atoms with E-state index in [0.29, 0.717) is 10.0 Å². The van der Waals surface area contributed by atoms with E-state index in [9.17, 15) is 14.5 Å². The Morgan fingerprint density at radius 3 is 2.71 bits per heavy atom. The average molecular weight is 355 g/mol. The molecule has 0 bridgehead atoms. The molecule has 2 aromatic carbocycles. The van der Waals surface area contributed by atoms with Crippen LogP contribution in [0.3, 0.4) is 0 Å². The summed E-state index contributed by atoms with van der Waals surface area (Å²) in [5.41, 5.74) is 5.95. The zero-order valence-corrected chi connectivity index (χ0v) is 12.6. The molecular formula is C14H12BrFN2O3. The van der Waals surface area contributed by atoms with Crippen LogP contribution in [0.15, 0.2) is 40.9 Å². The molecule has 0 saturated carbocycles. The second kappa shape index (κ2) is 6.19. The fourth-order valence-electron chi connectivity index (χ4n) is 1.82. The fraction of sp³-hybridized carbons (Fsp3) is 0.143. The first-order valence-corrected chi connectivity index (χ1v) is 6.85. The molecule has 1 atom stereocenters. The van der Waals surface area contributed by atoms with Gasteiger partial charge in [-0.3, -0.25) is 10.1 Å². The molecule has 7 heteroatoms. The van der Waals surface area contributed by atoms with Gasteiger partial charge in [-0.1, -0.05) is 28.1 Å². The number of hydrogen-bond acceptors (Lipinski definition) is 4. The Balaban J connectivity index is 2.51. The van der Waals surface area contributed by atoms with Gasteiger partial charge in [0.25, 0.3) is 0 Å². The summed E-state index contributed by atoms with van der Waals surface area (Å²) in [5.74, 6) is -0.768. The van der Waals surface area contributed by atoms with E-state index in [1.54, 1.807) is 19.1 Å². The van der Waals surface area contributed by atoms with E-state index in [-0.39, 0.29) is 17.2 Å². The van der Waals surface area contributed by atoms with Gasteiger partial charge in [-0.2, -0.15) is 0 Å². The Bertz CT molecular complexity index is 692. The van der Waals surface area contributed by atoms with Crippen molar-refractivity contribution in [2.75, 3.05) is 0 Å². The summed E-state index contributed by atoms with van der Waals surface area (Å²) < 4.78 is 19.9. The number of rotatable bonds is 4. The third-order valence-electron chi connectivity index (χ3n) is 2.82. The summed E-state index contributed by atoms with van der Waals surface area (Å²) in [6.45, 7) is 1.68. The monoisotopic (exact) mass is 354 g/mol. The number of nitro benzene ring substituents is 1. The van der Waals surface area contributed by atoms with E-state index >= 15 is 0 Å². The Labute approximate surface area is 128 Å². The lowest BCUT2D eigenvalue weighted by Crippen LogP contribution is -2.08. The minimum Gasteiger partial charge on any atom is -0.447 e. The lowest BCUT2D eigenvalue weighted by Gasteiger charge is -2.14. The van der Waals surface area contributed by atoms with Crippen LogP contribution in [0.1, 0.15) is 18.5 Å². The number of nitro groups is 1. The van der Waals surface area contributed by atoms with Crippen molar-refractivity contribution in [3.8, 4) is 11.5 Å². The van der Waals surface area contributed by atoms with Crippen LogP contribution < -0.4 is 10.5 Å². The van der Waals surface area contributed by atoms with Crippen molar-refractivity contribution in [3.05, 3.63) is 62.4 Å². The minimum absolute atomic E-state index is 0.0461. The summed E-state index contributed by atoms with van der Waals surface area (Å²) >= 11 is 3.15. The van der Waals surface area contributed by atoms with Crippen molar-refractivity contribution in [3.63, 3.8) is 0 Å². The molecule has 0 aliphatic heterocycles. The van der Waals surface area contributed by atoms with Crippen molar-refractivity contribution in [2.45, 2.75) is 13.0 Å². The maximum absolute atomic E-state index is 13.9. The maximum atomic E-state index is 13.9. The Morgan fingerprint density at radius 1 is 1.38 bits per heavy atom. The predicted octanol–water partition coefficient (Wildman–Crippen LogP) is 4.31. The van der Waals surface area contributed by atoms with Crippen LogP contribution in [-0.2, 0) is 0 Å². The molecular weight excluding hydrogens is 343 g/mol. The molecule has 2 aromatic rings. The van der Waals surface area contributed by atoms with Crippen LogP contribution in [-0.4, -0.2) is 4.92 Å². The molecule has 2 rings (SSSR count). The molecule has 0 saturated heterocycles. The van der Waals surface area contributed by atoms with Crippen LogP contribution in [0.5, 0.6) is 11.5 Å². The van der Waals surface area contributed by atoms with Crippen molar-refractivity contribution in [1.82, 2.24) is 0 Å². The highest BCUT2D eigenvalue weighted by Crippen LogP contribution is 2.37. The fourth-order valence-corrected chi connectivity index (χ4v) is 2.17. The van der Waals surface area contributed by atoms with Crippen LogP contribution in [0, 0.1) is 15.9 Å². The van der Waals surface area contributed by atoms with Gasteiger partial charge in [-0.15, -0.1) is 0 Å². The SMILES string of the molecule is C[C@H](N)c1cccc(F)c1Oc1ccc(Br)cc1[N+](=O)[O-]. The maximum Gasteiger partial charge on any atom is 0.312 e. The van der Waals surface area contributed by atoms with Gasteiger partial charge in [0.1, 0.15) is 0 Å². The van der Waals surface area contributed by atoms with Gasteiger partial charge in [-0.05, 0) is 25.1 Å². The molecule has 0 heterocycles. The molecule has 0 amide bonds. The van der Waals surface area contributed by atoms with E-state index in [2.05, 4.69) is 15.9 Å². The summed E-state index contributed by atoms with van der Waals surface area (Å²) in [6, 6.07) is 8.15. The lowest BCUT2D eigenvalue weighted by molar-refractivity contribution is -0.385. The highest BCUT2D eigenvalue weighted by Gasteiger charge is 2.20. The second-order valence-corrected chi connectivity index (χ2v) is 5.33. The molecule has 0 aromatic heterocycles. The third-order valence-corrected chi connectivity index (χ3v) is 3.31. The smallest absolute Gasteiger partial charge is 0.312 e. The van der Waals surface area contributed by atoms with Crippen molar-refractivity contribution < 1.29 is 14.1 Å². The lowest BCUT2D eigenvalue weighted by atomic mass is 10.1. The molecule has 0 aliphatic rings. The first kappa shape index (κ1) is 15.4. The molecule has 5 nitrogen and oxygen atoms in total. The van der Waals surface area contributed by atoms with Crippen molar-refractivity contribution in [2.24, 2.45) is 5.73 Å². The second-order valence-electron chi connectivity index (χ2n) is 4.42. The van der Waals surface area contributed by atoms with E-state index < -0.39 is 16.8 Å². The standard InChI is InChI=1S/C14H12BrFN2O3/c1-8(17)10-3-2-4-11(16)14(10)21-13-6-5-9(15)7-12(13)18(19)20/h2-8H,17H2,1H3/t8-/m0/s1. The highest BCUT2D eigenvalue weighted by molar-refractivity contribution is 9.10. The van der Waals surface area contributed by atoms with Crippen molar-refractivity contribution >= 4 is 21.6 Å². The molecule has 0 radical (unpaired) electrons. The first-order chi connectivity index (χ1) is 9.90. The molecule has 21 heavy (non-hydrogen) atoms. The van der Waals surface area contributed by atoms with Gasteiger partial charge in [0, 0.05) is 22.1 Å². The highest BCUT2D eigenvalue weighted by atomic mass is 79.9. The van der Waals surface area contributed by atoms with E-state index in [0.717, 1.165) is 0 Å². The normalized spacial score (nSPS) is 12.0. The van der Waals surface area contributed by atoms with Gasteiger partial charge in [-0.25, -0.2) is 4.39 Å². The molecule has 0 spiro atoms. The zero-order chi connectivity index (χ0) is 15.6. The molecule has 0 fully saturated rings. The average Bonchev–Trinajstić information content (AvgIpc) is 2.42. The number of benzene rings is 2. The largest absolute Gasteiger partial charge is 0.447 e. The predicted molar refractivity (Wildman–Crippen MR) is 79.9 cm³/mol.